The lowest BCUT2D eigenvalue weighted by Crippen LogP contribution is -2.44. The molecule has 1 fully saturated rings. The molecule has 1 atom stereocenters. The molecule has 0 radical (unpaired) electrons. The summed E-state index contributed by atoms with van der Waals surface area (Å²) in [6.45, 7) is 5.32. The molecule has 0 saturated carbocycles. The number of carbonyl (C=O) groups excluding carboxylic acids is 1. The number of ether oxygens (including phenoxy) is 1. The Balaban J connectivity index is 2.17. The summed E-state index contributed by atoms with van der Waals surface area (Å²) in [7, 11) is 2.00. The maximum Gasteiger partial charge on any atom is 0.307 e. The van der Waals surface area contributed by atoms with E-state index >= 15 is 0 Å². The number of likely N-dealkylation sites (tertiary alicyclic amines) is 1. The van der Waals surface area contributed by atoms with Crippen LogP contribution in [0.1, 0.15) is 26.2 Å². The molecule has 15 heavy (non-hydrogen) atoms. The highest BCUT2D eigenvalue weighted by atomic mass is 16.5. The Morgan fingerprint density at radius 1 is 1.60 bits per heavy atom. The second kappa shape index (κ2) is 6.80. The molecule has 1 saturated heterocycles. The number of rotatable bonds is 5. The quantitative estimate of drug-likeness (QED) is 0.681. The minimum absolute atomic E-state index is 0.0796. The normalized spacial score (nSPS) is 22.7. The van der Waals surface area contributed by atoms with Crippen LogP contribution < -0.4 is 5.32 Å². The number of hydrogen-bond acceptors (Lipinski definition) is 4. The maximum atomic E-state index is 11.2. The molecule has 1 unspecified atom stereocenters. The molecule has 0 spiro atoms. The third-order valence-electron chi connectivity index (χ3n) is 2.85. The zero-order valence-corrected chi connectivity index (χ0v) is 9.79. The number of piperidine rings is 1. The zero-order chi connectivity index (χ0) is 11.1. The topological polar surface area (TPSA) is 41.6 Å². The van der Waals surface area contributed by atoms with E-state index in [9.17, 15) is 4.79 Å². The third-order valence-corrected chi connectivity index (χ3v) is 2.85. The van der Waals surface area contributed by atoms with Crippen LogP contribution in [-0.4, -0.2) is 50.2 Å². The summed E-state index contributed by atoms with van der Waals surface area (Å²) in [4.78, 5) is 13.5. The van der Waals surface area contributed by atoms with Crippen molar-refractivity contribution in [2.75, 3.05) is 33.3 Å². The largest absolute Gasteiger partial charge is 0.466 e. The fraction of sp³-hybridized carbons (Fsp3) is 0.909. The number of carbonyl (C=O) groups is 1. The lowest BCUT2D eigenvalue weighted by Gasteiger charge is -2.32. The van der Waals surface area contributed by atoms with Gasteiger partial charge in [0, 0.05) is 19.1 Å². The molecule has 0 aromatic rings. The van der Waals surface area contributed by atoms with Crippen LogP contribution in [0.4, 0.5) is 0 Å². The van der Waals surface area contributed by atoms with E-state index in [0.717, 1.165) is 19.6 Å². The molecule has 0 bridgehead atoms. The highest BCUT2D eigenvalue weighted by Crippen LogP contribution is 2.09. The Bertz CT molecular complexity index is 197. The van der Waals surface area contributed by atoms with Crippen LogP contribution >= 0.6 is 0 Å². The van der Waals surface area contributed by atoms with Crippen molar-refractivity contribution < 1.29 is 9.53 Å². The van der Waals surface area contributed by atoms with E-state index < -0.39 is 0 Å². The van der Waals surface area contributed by atoms with Crippen molar-refractivity contribution in [1.29, 1.82) is 0 Å². The van der Waals surface area contributed by atoms with Crippen LogP contribution in [-0.2, 0) is 9.53 Å². The van der Waals surface area contributed by atoms with Gasteiger partial charge in [-0.1, -0.05) is 0 Å². The monoisotopic (exact) mass is 214 g/mol. The van der Waals surface area contributed by atoms with Gasteiger partial charge in [-0.05, 0) is 33.4 Å². The maximum absolute atomic E-state index is 11.2. The van der Waals surface area contributed by atoms with E-state index in [1.165, 1.54) is 12.8 Å². The van der Waals surface area contributed by atoms with Crippen molar-refractivity contribution in [3.8, 4) is 0 Å². The molecule has 1 N–H and O–H groups in total. The van der Waals surface area contributed by atoms with Gasteiger partial charge in [0.1, 0.15) is 0 Å². The lowest BCUT2D eigenvalue weighted by atomic mass is 10.1. The molecule has 0 aromatic heterocycles. The van der Waals surface area contributed by atoms with E-state index in [2.05, 4.69) is 10.2 Å². The zero-order valence-electron chi connectivity index (χ0n) is 9.79. The average molecular weight is 214 g/mol. The van der Waals surface area contributed by atoms with Gasteiger partial charge in [-0.25, -0.2) is 0 Å². The molecule has 4 heteroatoms. The summed E-state index contributed by atoms with van der Waals surface area (Å²) in [6.07, 6.45) is 2.98. The van der Waals surface area contributed by atoms with Crippen molar-refractivity contribution >= 4 is 5.97 Å². The molecular weight excluding hydrogens is 192 g/mol. The van der Waals surface area contributed by atoms with E-state index in [1.807, 2.05) is 14.0 Å². The summed E-state index contributed by atoms with van der Waals surface area (Å²) in [5.41, 5.74) is 0. The van der Waals surface area contributed by atoms with E-state index in [0.29, 0.717) is 19.1 Å². The number of esters is 1. The summed E-state index contributed by atoms with van der Waals surface area (Å²) in [5, 5.41) is 3.29. The Hall–Kier alpha value is -0.610. The van der Waals surface area contributed by atoms with E-state index in [4.69, 9.17) is 4.74 Å². The number of hydrogen-bond donors (Lipinski definition) is 1. The van der Waals surface area contributed by atoms with Gasteiger partial charge in [-0.15, -0.1) is 0 Å². The summed E-state index contributed by atoms with van der Waals surface area (Å²) in [6, 6.07) is 0.584. The van der Waals surface area contributed by atoms with Gasteiger partial charge < -0.3 is 15.0 Å². The van der Waals surface area contributed by atoms with E-state index in [1.54, 1.807) is 0 Å². The smallest absolute Gasteiger partial charge is 0.307 e. The molecule has 0 aromatic carbocycles. The molecule has 0 amide bonds. The van der Waals surface area contributed by atoms with Crippen molar-refractivity contribution in [2.24, 2.45) is 0 Å². The fourth-order valence-corrected chi connectivity index (χ4v) is 1.98. The Labute approximate surface area is 92.0 Å². The molecular formula is C11H22N2O2. The van der Waals surface area contributed by atoms with E-state index in [-0.39, 0.29) is 5.97 Å². The average Bonchev–Trinajstić information content (AvgIpc) is 2.27. The summed E-state index contributed by atoms with van der Waals surface area (Å²) >= 11 is 0. The molecule has 1 heterocycles. The Morgan fingerprint density at radius 3 is 3.07 bits per heavy atom. The van der Waals surface area contributed by atoms with Crippen LogP contribution in [0.5, 0.6) is 0 Å². The number of nitrogens with zero attached hydrogens (tertiary/aromatic N) is 1. The highest BCUT2D eigenvalue weighted by molar-refractivity contribution is 5.69. The first-order valence-electron chi connectivity index (χ1n) is 5.81. The summed E-state index contributed by atoms with van der Waals surface area (Å²) < 4.78 is 4.90. The molecule has 88 valence electrons. The van der Waals surface area contributed by atoms with Crippen molar-refractivity contribution in [2.45, 2.75) is 32.2 Å². The van der Waals surface area contributed by atoms with Crippen LogP contribution in [0.2, 0.25) is 0 Å². The fourth-order valence-electron chi connectivity index (χ4n) is 1.98. The predicted molar refractivity (Wildman–Crippen MR) is 59.8 cm³/mol. The number of likely N-dealkylation sites (N-methyl/N-ethyl adjacent to an activating group) is 1. The van der Waals surface area contributed by atoms with Crippen LogP contribution in [0, 0.1) is 0 Å². The SMILES string of the molecule is CCOC(=O)CCN1CCCC(NC)C1. The van der Waals surface area contributed by atoms with Gasteiger partial charge in [0.15, 0.2) is 0 Å². The van der Waals surface area contributed by atoms with Crippen LogP contribution in [0.25, 0.3) is 0 Å². The molecule has 1 aliphatic rings. The molecule has 1 aliphatic heterocycles. The first-order chi connectivity index (χ1) is 7.26. The van der Waals surface area contributed by atoms with Gasteiger partial charge in [0.25, 0.3) is 0 Å². The van der Waals surface area contributed by atoms with Crippen molar-refractivity contribution in [3.05, 3.63) is 0 Å². The first-order valence-corrected chi connectivity index (χ1v) is 5.81. The predicted octanol–water partition coefficient (Wildman–Crippen LogP) is 0.623. The van der Waals surface area contributed by atoms with Gasteiger partial charge in [-0.3, -0.25) is 4.79 Å². The highest BCUT2D eigenvalue weighted by Gasteiger charge is 2.18. The van der Waals surface area contributed by atoms with Crippen LogP contribution in [0.15, 0.2) is 0 Å². The van der Waals surface area contributed by atoms with Crippen LogP contribution in [0.3, 0.4) is 0 Å². The van der Waals surface area contributed by atoms with Gasteiger partial charge in [-0.2, -0.15) is 0 Å². The van der Waals surface area contributed by atoms with Gasteiger partial charge in [0.05, 0.1) is 13.0 Å². The molecule has 1 rings (SSSR count). The molecule has 4 nitrogen and oxygen atoms in total. The second-order valence-corrected chi connectivity index (χ2v) is 3.98. The molecule has 0 aliphatic carbocycles. The number of nitrogens with one attached hydrogen (secondary N) is 1. The Morgan fingerprint density at radius 2 is 2.40 bits per heavy atom. The van der Waals surface area contributed by atoms with Gasteiger partial charge in [0.2, 0.25) is 0 Å². The summed E-state index contributed by atoms with van der Waals surface area (Å²) in [5.74, 6) is -0.0796. The van der Waals surface area contributed by atoms with Gasteiger partial charge >= 0.3 is 5.97 Å². The minimum Gasteiger partial charge on any atom is -0.466 e. The standard InChI is InChI=1S/C11H22N2O2/c1-3-15-11(14)6-8-13-7-4-5-10(9-13)12-2/h10,12H,3-9H2,1-2H3. The minimum atomic E-state index is -0.0796. The Kier molecular flexibility index (Phi) is 5.65. The first kappa shape index (κ1) is 12.5. The van der Waals surface area contributed by atoms with Crippen molar-refractivity contribution in [3.63, 3.8) is 0 Å². The third kappa shape index (κ3) is 4.62. The second-order valence-electron chi connectivity index (χ2n) is 3.98. The van der Waals surface area contributed by atoms with Crippen molar-refractivity contribution in [1.82, 2.24) is 10.2 Å². The lowest BCUT2D eigenvalue weighted by molar-refractivity contribution is -0.143.